The summed E-state index contributed by atoms with van der Waals surface area (Å²) < 4.78 is 2.10. The Morgan fingerprint density at radius 2 is 1.74 bits per heavy atom. The van der Waals surface area contributed by atoms with E-state index in [4.69, 9.17) is 10.7 Å². The molecule has 0 aliphatic heterocycles. The minimum absolute atomic E-state index is 0.00727. The summed E-state index contributed by atoms with van der Waals surface area (Å²) >= 11 is 1.56. The van der Waals surface area contributed by atoms with E-state index in [1.165, 1.54) is 0 Å². The fourth-order valence-electron chi connectivity index (χ4n) is 4.07. The molecule has 35 heavy (non-hydrogen) atoms. The maximum Gasteiger partial charge on any atom is 0.243 e. The quantitative estimate of drug-likeness (QED) is 0.296. The molecule has 180 valence electrons. The van der Waals surface area contributed by atoms with Crippen molar-refractivity contribution in [2.75, 3.05) is 13.1 Å². The van der Waals surface area contributed by atoms with Crippen LogP contribution in [0.15, 0.2) is 95.3 Å². The van der Waals surface area contributed by atoms with Crippen LogP contribution in [0.3, 0.4) is 0 Å². The fraction of sp³-hybridized carbons (Fsp3) is 0.241. The van der Waals surface area contributed by atoms with Gasteiger partial charge in [0.25, 0.3) is 0 Å². The molecule has 0 radical (unpaired) electrons. The van der Waals surface area contributed by atoms with Crippen LogP contribution >= 0.6 is 11.3 Å². The van der Waals surface area contributed by atoms with Crippen molar-refractivity contribution in [3.8, 4) is 11.3 Å². The number of carbonyl (C=O) groups is 1. The summed E-state index contributed by atoms with van der Waals surface area (Å²) in [6.07, 6.45) is 2.32. The highest BCUT2D eigenvalue weighted by molar-refractivity contribution is 7.07. The number of nitrogens with two attached hydrogens (primary N) is 1. The SMILES string of the molecule is Cc1cccc(N=c2scc(-c3ccccc3)n2[C@H](Cc2ccccc2)C(=O)NCCCCN)c1. The molecule has 0 saturated carbocycles. The maximum atomic E-state index is 13.7. The first-order chi connectivity index (χ1) is 17.2. The number of thiazole rings is 1. The van der Waals surface area contributed by atoms with E-state index in [0.29, 0.717) is 19.5 Å². The number of aromatic nitrogens is 1. The van der Waals surface area contributed by atoms with E-state index in [2.05, 4.69) is 58.6 Å². The van der Waals surface area contributed by atoms with Gasteiger partial charge in [-0.25, -0.2) is 4.99 Å². The molecular formula is C29H32N4OS. The minimum Gasteiger partial charge on any atom is -0.354 e. The van der Waals surface area contributed by atoms with Gasteiger partial charge in [0, 0.05) is 18.3 Å². The molecule has 3 aromatic carbocycles. The summed E-state index contributed by atoms with van der Waals surface area (Å²) in [7, 11) is 0. The normalized spacial score (nSPS) is 12.5. The third kappa shape index (κ3) is 6.56. The molecule has 1 heterocycles. The number of amides is 1. The zero-order valence-electron chi connectivity index (χ0n) is 20.1. The van der Waals surface area contributed by atoms with Gasteiger partial charge < -0.3 is 15.6 Å². The van der Waals surface area contributed by atoms with Crippen LogP contribution < -0.4 is 15.9 Å². The Morgan fingerprint density at radius 3 is 2.46 bits per heavy atom. The van der Waals surface area contributed by atoms with Gasteiger partial charge in [0.1, 0.15) is 6.04 Å². The van der Waals surface area contributed by atoms with Gasteiger partial charge in [-0.1, -0.05) is 72.8 Å². The number of nitrogens with zero attached hydrogens (tertiary/aromatic N) is 2. The van der Waals surface area contributed by atoms with Gasteiger partial charge in [0.05, 0.1) is 11.4 Å². The van der Waals surface area contributed by atoms with Crippen molar-refractivity contribution in [1.29, 1.82) is 0 Å². The van der Waals surface area contributed by atoms with Gasteiger partial charge in [-0.15, -0.1) is 11.3 Å². The van der Waals surface area contributed by atoms with E-state index in [0.717, 1.165) is 45.7 Å². The first kappa shape index (κ1) is 24.6. The van der Waals surface area contributed by atoms with Crippen LogP contribution in [-0.2, 0) is 11.2 Å². The molecule has 1 atom stereocenters. The minimum atomic E-state index is -0.444. The Kier molecular flexibility index (Phi) is 8.65. The van der Waals surface area contributed by atoms with Gasteiger partial charge in [-0.2, -0.15) is 0 Å². The maximum absolute atomic E-state index is 13.7. The van der Waals surface area contributed by atoms with Crippen molar-refractivity contribution in [3.05, 3.63) is 106 Å². The predicted octanol–water partition coefficient (Wildman–Crippen LogP) is 5.40. The van der Waals surface area contributed by atoms with Gasteiger partial charge in [-0.05, 0) is 55.1 Å². The Labute approximate surface area is 211 Å². The highest BCUT2D eigenvalue weighted by Gasteiger charge is 2.25. The van der Waals surface area contributed by atoms with Crippen LogP contribution in [0.5, 0.6) is 0 Å². The highest BCUT2D eigenvalue weighted by Crippen LogP contribution is 2.26. The number of rotatable bonds is 10. The first-order valence-electron chi connectivity index (χ1n) is 12.0. The largest absolute Gasteiger partial charge is 0.354 e. The molecule has 1 aromatic heterocycles. The standard InChI is InChI=1S/C29H32N4OS/c1-22-11-10-16-25(19-22)32-29-33(27(21-35-29)24-14-6-3-7-15-24)26(20-23-12-4-2-5-13-23)28(34)31-18-9-8-17-30/h2-7,10-16,19,21,26H,8-9,17-18,20,30H2,1H3,(H,31,34)/t26-/m1/s1. The van der Waals surface area contributed by atoms with E-state index in [9.17, 15) is 4.79 Å². The van der Waals surface area contributed by atoms with Crippen molar-refractivity contribution in [3.63, 3.8) is 0 Å². The lowest BCUT2D eigenvalue weighted by molar-refractivity contribution is -0.124. The molecule has 0 aliphatic rings. The Morgan fingerprint density at radius 1 is 1.00 bits per heavy atom. The van der Waals surface area contributed by atoms with Gasteiger partial charge in [0.2, 0.25) is 5.91 Å². The molecule has 0 bridgehead atoms. The van der Waals surface area contributed by atoms with Crippen molar-refractivity contribution in [2.45, 2.75) is 32.2 Å². The zero-order chi connectivity index (χ0) is 24.5. The van der Waals surface area contributed by atoms with Crippen LogP contribution in [0.1, 0.15) is 30.0 Å². The Balaban J connectivity index is 1.83. The molecule has 3 N–H and O–H groups in total. The van der Waals surface area contributed by atoms with Crippen LogP contribution in [0, 0.1) is 6.92 Å². The zero-order valence-corrected chi connectivity index (χ0v) is 20.9. The molecule has 0 unspecified atom stereocenters. The van der Waals surface area contributed by atoms with Gasteiger partial charge >= 0.3 is 0 Å². The second-order valence-corrected chi connectivity index (χ2v) is 9.42. The van der Waals surface area contributed by atoms with Crippen LogP contribution in [0.2, 0.25) is 0 Å². The van der Waals surface area contributed by atoms with E-state index in [1.54, 1.807) is 11.3 Å². The van der Waals surface area contributed by atoms with E-state index in [-0.39, 0.29) is 5.91 Å². The van der Waals surface area contributed by atoms with Crippen molar-refractivity contribution >= 4 is 22.9 Å². The van der Waals surface area contributed by atoms with Crippen LogP contribution in [-0.4, -0.2) is 23.6 Å². The third-order valence-corrected chi connectivity index (χ3v) is 6.69. The van der Waals surface area contributed by atoms with Crippen molar-refractivity contribution in [2.24, 2.45) is 10.7 Å². The molecule has 6 heteroatoms. The molecule has 4 aromatic rings. The highest BCUT2D eigenvalue weighted by atomic mass is 32.1. The van der Waals surface area contributed by atoms with E-state index >= 15 is 0 Å². The summed E-state index contributed by atoms with van der Waals surface area (Å²) in [5, 5.41) is 5.25. The van der Waals surface area contributed by atoms with E-state index in [1.807, 2.05) is 48.5 Å². The number of hydrogen-bond donors (Lipinski definition) is 2. The molecule has 0 fully saturated rings. The summed E-state index contributed by atoms with van der Waals surface area (Å²) in [6.45, 7) is 3.29. The monoisotopic (exact) mass is 484 g/mol. The topological polar surface area (TPSA) is 72.4 Å². The van der Waals surface area contributed by atoms with Gasteiger partial charge in [-0.3, -0.25) is 4.79 Å². The summed E-state index contributed by atoms with van der Waals surface area (Å²) in [5.41, 5.74) is 10.8. The average molecular weight is 485 g/mol. The Hall–Kier alpha value is -3.48. The average Bonchev–Trinajstić information content (AvgIpc) is 3.29. The first-order valence-corrected chi connectivity index (χ1v) is 12.9. The molecular weight excluding hydrogens is 452 g/mol. The molecule has 0 saturated heterocycles. The van der Waals surface area contributed by atoms with Crippen molar-refractivity contribution in [1.82, 2.24) is 9.88 Å². The lowest BCUT2D eigenvalue weighted by Crippen LogP contribution is -2.38. The third-order valence-electron chi connectivity index (χ3n) is 5.85. The van der Waals surface area contributed by atoms with Gasteiger partial charge in [0.15, 0.2) is 4.80 Å². The number of unbranched alkanes of at least 4 members (excludes halogenated alkanes) is 1. The molecule has 1 amide bonds. The lowest BCUT2D eigenvalue weighted by atomic mass is 10.0. The number of benzene rings is 3. The molecule has 4 rings (SSSR count). The van der Waals surface area contributed by atoms with Crippen LogP contribution in [0.25, 0.3) is 11.3 Å². The fourth-order valence-corrected chi connectivity index (χ4v) is 5.03. The smallest absolute Gasteiger partial charge is 0.243 e. The molecule has 5 nitrogen and oxygen atoms in total. The number of carbonyl (C=O) groups excluding carboxylic acids is 1. The molecule has 0 aliphatic carbocycles. The summed E-state index contributed by atoms with van der Waals surface area (Å²) in [4.78, 5) is 19.4. The van der Waals surface area contributed by atoms with Crippen LogP contribution in [0.4, 0.5) is 5.69 Å². The summed E-state index contributed by atoms with van der Waals surface area (Å²) in [5.74, 6) is -0.00727. The number of nitrogens with one attached hydrogen (secondary N) is 1. The Bertz CT molecular complexity index is 1300. The van der Waals surface area contributed by atoms with E-state index < -0.39 is 6.04 Å². The second-order valence-electron chi connectivity index (χ2n) is 8.58. The second kappa shape index (κ2) is 12.3. The summed E-state index contributed by atoms with van der Waals surface area (Å²) in [6, 6.07) is 28.1. The lowest BCUT2D eigenvalue weighted by Gasteiger charge is -2.21. The predicted molar refractivity (Wildman–Crippen MR) is 145 cm³/mol. The molecule has 0 spiro atoms. The number of aryl methyl sites for hydroxylation is 1. The van der Waals surface area contributed by atoms with Crippen molar-refractivity contribution < 1.29 is 4.79 Å². The number of hydrogen-bond acceptors (Lipinski definition) is 4.